The van der Waals surface area contributed by atoms with Gasteiger partial charge in [0.25, 0.3) is 0 Å². The number of amides is 2. The molecule has 1 aromatic heterocycles. The summed E-state index contributed by atoms with van der Waals surface area (Å²) in [6.07, 6.45) is 4.75. The van der Waals surface area contributed by atoms with Gasteiger partial charge in [0.2, 0.25) is 11.8 Å². The van der Waals surface area contributed by atoms with Gasteiger partial charge in [-0.3, -0.25) is 14.4 Å². The van der Waals surface area contributed by atoms with E-state index in [9.17, 15) is 14.4 Å². The van der Waals surface area contributed by atoms with Gasteiger partial charge in [-0.15, -0.1) is 0 Å². The summed E-state index contributed by atoms with van der Waals surface area (Å²) in [4.78, 5) is 39.0. The van der Waals surface area contributed by atoms with Gasteiger partial charge in [-0.25, -0.2) is 0 Å². The maximum Gasteiger partial charge on any atom is 0.248 e. The Morgan fingerprint density at radius 2 is 1.46 bits per heavy atom. The summed E-state index contributed by atoms with van der Waals surface area (Å²) in [5.74, 6) is -0.376. The van der Waals surface area contributed by atoms with Gasteiger partial charge in [-0.2, -0.15) is 0 Å². The second-order valence-corrected chi connectivity index (χ2v) is 9.59. The van der Waals surface area contributed by atoms with Crippen molar-refractivity contribution in [3.8, 4) is 11.1 Å². The molecule has 0 unspecified atom stereocenters. The van der Waals surface area contributed by atoms with E-state index in [1.165, 1.54) is 6.08 Å². The Balaban J connectivity index is 1.32. The van der Waals surface area contributed by atoms with Crippen molar-refractivity contribution in [1.29, 1.82) is 0 Å². The van der Waals surface area contributed by atoms with E-state index in [0.717, 1.165) is 22.3 Å². The van der Waals surface area contributed by atoms with Crippen LogP contribution in [0.1, 0.15) is 32.8 Å². The van der Waals surface area contributed by atoms with E-state index < -0.39 is 5.91 Å². The van der Waals surface area contributed by atoms with E-state index in [-0.39, 0.29) is 23.7 Å². The topological polar surface area (TPSA) is 88.4 Å². The van der Waals surface area contributed by atoms with Gasteiger partial charge in [-0.05, 0) is 48.4 Å². The van der Waals surface area contributed by atoms with Crippen LogP contribution in [0.4, 0.5) is 11.4 Å². The minimum Gasteiger partial charge on any atom is -0.464 e. The standard InChI is InChI=1S/C35H28N2O4/c1-24-12-14-25(15-13-24)20-34(39)37-32-18-16-29(22-31(32)35(40)27-10-6-3-7-11-27)36-33(38)19-17-30-21-28(23-41-30)26-8-4-2-5-9-26/h2-19,21-23H,20H2,1H3,(H,36,38)(H,37,39)/b19-17+. The number of carbonyl (C=O) groups excluding carboxylic acids is 3. The van der Waals surface area contributed by atoms with E-state index in [1.54, 1.807) is 54.8 Å². The number of furan rings is 1. The van der Waals surface area contributed by atoms with E-state index in [1.807, 2.05) is 73.7 Å². The molecule has 0 saturated carbocycles. The molecule has 0 fully saturated rings. The van der Waals surface area contributed by atoms with Gasteiger partial charge in [0.15, 0.2) is 5.78 Å². The largest absolute Gasteiger partial charge is 0.464 e. The van der Waals surface area contributed by atoms with Crippen LogP contribution in [0.3, 0.4) is 0 Å². The second kappa shape index (κ2) is 12.6. The number of rotatable bonds is 9. The molecule has 0 aliphatic carbocycles. The summed E-state index contributed by atoms with van der Waals surface area (Å²) in [5.41, 5.74) is 5.43. The molecule has 41 heavy (non-hydrogen) atoms. The van der Waals surface area contributed by atoms with Crippen LogP contribution in [-0.2, 0) is 16.0 Å². The Morgan fingerprint density at radius 1 is 0.756 bits per heavy atom. The maximum absolute atomic E-state index is 13.4. The number of aryl methyl sites for hydroxylation is 1. The van der Waals surface area contributed by atoms with Crippen molar-refractivity contribution >= 4 is 35.0 Å². The lowest BCUT2D eigenvalue weighted by atomic mass is 10.0. The zero-order valence-corrected chi connectivity index (χ0v) is 22.5. The molecule has 202 valence electrons. The van der Waals surface area contributed by atoms with Crippen LogP contribution in [-0.4, -0.2) is 17.6 Å². The highest BCUT2D eigenvalue weighted by atomic mass is 16.3. The molecule has 0 bridgehead atoms. The van der Waals surface area contributed by atoms with Gasteiger partial charge in [-0.1, -0.05) is 90.5 Å². The summed E-state index contributed by atoms with van der Waals surface area (Å²) in [5, 5.41) is 5.66. The van der Waals surface area contributed by atoms with Crippen LogP contribution in [0.2, 0.25) is 0 Å². The minimum absolute atomic E-state index is 0.168. The Hall–Kier alpha value is -5.49. The lowest BCUT2D eigenvalue weighted by molar-refractivity contribution is -0.115. The van der Waals surface area contributed by atoms with Crippen LogP contribution in [0, 0.1) is 6.92 Å². The normalized spacial score (nSPS) is 10.9. The SMILES string of the molecule is Cc1ccc(CC(=O)Nc2ccc(NC(=O)/C=C/c3cc(-c4ccccc4)co3)cc2C(=O)c2ccccc2)cc1. The Morgan fingerprint density at radius 3 is 2.20 bits per heavy atom. The van der Waals surface area contributed by atoms with Crippen LogP contribution in [0.5, 0.6) is 0 Å². The van der Waals surface area contributed by atoms with Crippen molar-refractivity contribution < 1.29 is 18.8 Å². The third kappa shape index (κ3) is 7.13. The average molecular weight is 541 g/mol. The zero-order valence-electron chi connectivity index (χ0n) is 22.5. The van der Waals surface area contributed by atoms with Crippen LogP contribution in [0.15, 0.2) is 126 Å². The van der Waals surface area contributed by atoms with Crippen LogP contribution in [0.25, 0.3) is 17.2 Å². The molecule has 2 amide bonds. The fourth-order valence-corrected chi connectivity index (χ4v) is 4.31. The number of hydrogen-bond acceptors (Lipinski definition) is 4. The minimum atomic E-state index is -0.392. The fourth-order valence-electron chi connectivity index (χ4n) is 4.31. The monoisotopic (exact) mass is 540 g/mol. The maximum atomic E-state index is 13.4. The molecule has 4 aromatic carbocycles. The molecule has 2 N–H and O–H groups in total. The van der Waals surface area contributed by atoms with Crippen LogP contribution < -0.4 is 10.6 Å². The van der Waals surface area contributed by atoms with Crippen LogP contribution >= 0.6 is 0 Å². The summed E-state index contributed by atoms with van der Waals surface area (Å²) in [6.45, 7) is 1.99. The van der Waals surface area contributed by atoms with Crippen molar-refractivity contribution in [3.63, 3.8) is 0 Å². The van der Waals surface area contributed by atoms with Crippen molar-refractivity contribution in [2.45, 2.75) is 13.3 Å². The number of nitrogens with one attached hydrogen (secondary N) is 2. The molecule has 5 aromatic rings. The number of carbonyl (C=O) groups is 3. The predicted molar refractivity (Wildman–Crippen MR) is 162 cm³/mol. The van der Waals surface area contributed by atoms with Crippen molar-refractivity contribution in [2.24, 2.45) is 0 Å². The first-order chi connectivity index (χ1) is 19.9. The predicted octanol–water partition coefficient (Wildman–Crippen LogP) is 7.32. The van der Waals surface area contributed by atoms with Gasteiger partial charge < -0.3 is 15.1 Å². The van der Waals surface area contributed by atoms with Crippen molar-refractivity contribution in [1.82, 2.24) is 0 Å². The number of hydrogen-bond donors (Lipinski definition) is 2. The molecular formula is C35H28N2O4. The molecular weight excluding hydrogens is 512 g/mol. The summed E-state index contributed by atoms with van der Waals surface area (Å²) in [7, 11) is 0. The smallest absolute Gasteiger partial charge is 0.248 e. The van der Waals surface area contributed by atoms with E-state index in [2.05, 4.69) is 10.6 Å². The van der Waals surface area contributed by atoms with Crippen molar-refractivity contribution in [3.05, 3.63) is 150 Å². The molecule has 0 aliphatic rings. The van der Waals surface area contributed by atoms with E-state index in [4.69, 9.17) is 4.42 Å². The molecule has 0 atom stereocenters. The lowest BCUT2D eigenvalue weighted by Gasteiger charge is -2.13. The zero-order chi connectivity index (χ0) is 28.6. The van der Waals surface area contributed by atoms with Crippen molar-refractivity contribution in [2.75, 3.05) is 10.6 Å². The lowest BCUT2D eigenvalue weighted by Crippen LogP contribution is -2.18. The summed E-state index contributed by atoms with van der Waals surface area (Å²) < 4.78 is 5.57. The van der Waals surface area contributed by atoms with Gasteiger partial charge in [0.05, 0.1) is 18.4 Å². The first-order valence-corrected chi connectivity index (χ1v) is 13.2. The molecule has 0 radical (unpaired) electrons. The number of ketones is 1. The highest BCUT2D eigenvalue weighted by molar-refractivity contribution is 6.15. The van der Waals surface area contributed by atoms with Gasteiger partial charge in [0, 0.05) is 28.5 Å². The third-order valence-electron chi connectivity index (χ3n) is 6.45. The first kappa shape index (κ1) is 27.1. The Kier molecular flexibility index (Phi) is 8.31. The van der Waals surface area contributed by atoms with Gasteiger partial charge >= 0.3 is 0 Å². The quantitative estimate of drug-likeness (QED) is 0.151. The first-order valence-electron chi connectivity index (χ1n) is 13.2. The molecule has 0 aliphatic heterocycles. The molecule has 6 nitrogen and oxygen atoms in total. The molecule has 0 saturated heterocycles. The molecule has 0 spiro atoms. The summed E-state index contributed by atoms with van der Waals surface area (Å²) >= 11 is 0. The van der Waals surface area contributed by atoms with Gasteiger partial charge in [0.1, 0.15) is 5.76 Å². The summed E-state index contributed by atoms with van der Waals surface area (Å²) in [6, 6.07) is 33.0. The molecule has 5 rings (SSSR count). The Bertz CT molecular complexity index is 1700. The third-order valence-corrected chi connectivity index (χ3v) is 6.45. The molecule has 1 heterocycles. The fraction of sp³-hybridized carbons (Fsp3) is 0.0571. The Labute approximate surface area is 238 Å². The average Bonchev–Trinajstić information content (AvgIpc) is 3.48. The van der Waals surface area contributed by atoms with E-state index in [0.29, 0.717) is 22.7 Å². The number of anilines is 2. The molecule has 6 heteroatoms. The number of benzene rings is 4. The highest BCUT2D eigenvalue weighted by Gasteiger charge is 2.17. The second-order valence-electron chi connectivity index (χ2n) is 9.59. The highest BCUT2D eigenvalue weighted by Crippen LogP contribution is 2.25. The van der Waals surface area contributed by atoms with E-state index >= 15 is 0 Å².